The van der Waals surface area contributed by atoms with Crippen molar-refractivity contribution < 1.29 is 14.4 Å². The molecule has 0 spiro atoms. The van der Waals surface area contributed by atoms with Crippen molar-refractivity contribution in [3.05, 3.63) is 0 Å². The van der Waals surface area contributed by atoms with Crippen LogP contribution < -0.4 is 5.32 Å². The summed E-state index contributed by atoms with van der Waals surface area (Å²) in [5, 5.41) is 2.53. The summed E-state index contributed by atoms with van der Waals surface area (Å²) in [6, 6.07) is -0.352. The van der Waals surface area contributed by atoms with Gasteiger partial charge in [0.15, 0.2) is 0 Å². The maximum absolute atomic E-state index is 11.9. The van der Waals surface area contributed by atoms with Crippen LogP contribution in [0, 0.1) is 5.92 Å². The molecule has 2 rings (SSSR count). The van der Waals surface area contributed by atoms with Gasteiger partial charge in [-0.25, -0.2) is 4.79 Å². The van der Waals surface area contributed by atoms with E-state index in [0.717, 1.165) is 0 Å². The zero-order valence-corrected chi connectivity index (χ0v) is 11.5. The van der Waals surface area contributed by atoms with Crippen molar-refractivity contribution in [3.63, 3.8) is 0 Å². The summed E-state index contributed by atoms with van der Waals surface area (Å²) in [7, 11) is 0. The van der Waals surface area contributed by atoms with Gasteiger partial charge in [0.2, 0.25) is 11.8 Å². The molecule has 1 N–H and O–H groups in total. The fourth-order valence-electron chi connectivity index (χ4n) is 2.66. The Morgan fingerprint density at radius 1 is 1.32 bits per heavy atom. The average Bonchev–Trinajstić information content (AvgIpc) is 2.68. The molecule has 0 aromatic carbocycles. The Bertz CT molecular complexity index is 371. The lowest BCUT2D eigenvalue weighted by Crippen LogP contribution is -2.49. The summed E-state index contributed by atoms with van der Waals surface area (Å²) < 4.78 is 0. The quantitative estimate of drug-likeness (QED) is 0.760. The number of hydrogen-bond acceptors (Lipinski definition) is 3. The van der Waals surface area contributed by atoms with Crippen molar-refractivity contribution in [2.45, 2.75) is 39.2 Å². The molecule has 2 fully saturated rings. The highest BCUT2D eigenvalue weighted by molar-refractivity contribution is 6.02. The van der Waals surface area contributed by atoms with Crippen LogP contribution in [0.3, 0.4) is 0 Å². The van der Waals surface area contributed by atoms with E-state index >= 15 is 0 Å². The molecule has 0 aromatic rings. The lowest BCUT2D eigenvalue weighted by atomic mass is 10.0. The predicted octanol–water partition coefficient (Wildman–Crippen LogP) is 0.575. The number of carbonyl (C=O) groups excluding carboxylic acids is 3. The lowest BCUT2D eigenvalue weighted by molar-refractivity contribution is -0.134. The van der Waals surface area contributed by atoms with E-state index in [0.29, 0.717) is 38.3 Å². The molecule has 0 radical (unpaired) electrons. The summed E-state index contributed by atoms with van der Waals surface area (Å²) in [6.45, 7) is 5.42. The second-order valence-corrected chi connectivity index (χ2v) is 5.63. The molecule has 2 aliphatic heterocycles. The van der Waals surface area contributed by atoms with Crippen molar-refractivity contribution in [2.75, 3.05) is 19.6 Å². The number of piperidine rings is 1. The van der Waals surface area contributed by atoms with Gasteiger partial charge in [-0.15, -0.1) is 0 Å². The first kappa shape index (κ1) is 13.8. The van der Waals surface area contributed by atoms with Crippen LogP contribution in [0.15, 0.2) is 0 Å². The second kappa shape index (κ2) is 5.59. The van der Waals surface area contributed by atoms with E-state index in [4.69, 9.17) is 0 Å². The Balaban J connectivity index is 1.87. The largest absolute Gasteiger partial charge is 0.343 e. The van der Waals surface area contributed by atoms with Gasteiger partial charge in [-0.3, -0.25) is 14.5 Å². The van der Waals surface area contributed by atoms with Crippen LogP contribution in [0.25, 0.3) is 0 Å². The molecule has 0 aliphatic carbocycles. The number of nitrogens with zero attached hydrogens (tertiary/aromatic N) is 2. The summed E-state index contributed by atoms with van der Waals surface area (Å²) in [5.41, 5.74) is 0. The van der Waals surface area contributed by atoms with Crippen LogP contribution >= 0.6 is 0 Å². The first-order chi connectivity index (χ1) is 8.99. The summed E-state index contributed by atoms with van der Waals surface area (Å²) in [4.78, 5) is 38.3. The smallest absolute Gasteiger partial charge is 0.324 e. The van der Waals surface area contributed by atoms with Gasteiger partial charge in [0.25, 0.3) is 0 Å². The predicted molar refractivity (Wildman–Crippen MR) is 69.3 cm³/mol. The summed E-state index contributed by atoms with van der Waals surface area (Å²) >= 11 is 0. The highest BCUT2D eigenvalue weighted by Gasteiger charge is 2.37. The van der Waals surface area contributed by atoms with E-state index in [1.807, 2.05) is 18.7 Å². The Kier molecular flexibility index (Phi) is 4.07. The molecular weight excluding hydrogens is 246 g/mol. The van der Waals surface area contributed by atoms with Crippen LogP contribution in [0.5, 0.6) is 0 Å². The molecular formula is C13H21N3O3. The third kappa shape index (κ3) is 3.05. The van der Waals surface area contributed by atoms with Crippen LogP contribution in [-0.2, 0) is 9.59 Å². The number of urea groups is 1. The molecule has 2 heterocycles. The maximum atomic E-state index is 11.9. The molecule has 6 heteroatoms. The van der Waals surface area contributed by atoms with Gasteiger partial charge in [-0.1, -0.05) is 13.8 Å². The van der Waals surface area contributed by atoms with E-state index in [2.05, 4.69) is 5.32 Å². The molecule has 0 saturated carbocycles. The molecule has 4 amide bonds. The van der Waals surface area contributed by atoms with E-state index in [1.54, 1.807) is 0 Å². The number of amides is 4. The Morgan fingerprint density at radius 2 is 1.95 bits per heavy atom. The molecule has 0 unspecified atom stereocenters. The van der Waals surface area contributed by atoms with Crippen molar-refractivity contribution in [1.29, 1.82) is 0 Å². The molecule has 0 aromatic heterocycles. The minimum atomic E-state index is -0.294. The van der Waals surface area contributed by atoms with Crippen molar-refractivity contribution in [2.24, 2.45) is 5.92 Å². The fraction of sp³-hybridized carbons (Fsp3) is 0.769. The zero-order chi connectivity index (χ0) is 14.0. The number of imide groups is 1. The fourth-order valence-corrected chi connectivity index (χ4v) is 2.66. The van der Waals surface area contributed by atoms with E-state index in [1.165, 1.54) is 4.90 Å². The number of likely N-dealkylation sites (tertiary alicyclic amines) is 1. The van der Waals surface area contributed by atoms with Gasteiger partial charge in [-0.05, 0) is 18.8 Å². The van der Waals surface area contributed by atoms with Gasteiger partial charge in [0.05, 0.1) is 6.54 Å². The Morgan fingerprint density at radius 3 is 2.42 bits per heavy atom. The monoisotopic (exact) mass is 267 g/mol. The number of hydrogen-bond donors (Lipinski definition) is 1. The topological polar surface area (TPSA) is 69.7 Å². The highest BCUT2D eigenvalue weighted by Crippen LogP contribution is 2.20. The van der Waals surface area contributed by atoms with Crippen molar-refractivity contribution in [1.82, 2.24) is 15.1 Å². The van der Waals surface area contributed by atoms with Gasteiger partial charge < -0.3 is 10.2 Å². The van der Waals surface area contributed by atoms with Gasteiger partial charge in [-0.2, -0.15) is 0 Å². The summed E-state index contributed by atoms with van der Waals surface area (Å²) in [6.07, 6.45) is 1.93. The molecule has 0 bridgehead atoms. The Hall–Kier alpha value is -1.59. The van der Waals surface area contributed by atoms with Crippen LogP contribution in [0.4, 0.5) is 4.79 Å². The van der Waals surface area contributed by atoms with Gasteiger partial charge >= 0.3 is 6.03 Å². The van der Waals surface area contributed by atoms with Crippen LogP contribution in [0.2, 0.25) is 0 Å². The van der Waals surface area contributed by atoms with E-state index < -0.39 is 0 Å². The molecule has 106 valence electrons. The zero-order valence-electron chi connectivity index (χ0n) is 11.5. The molecule has 19 heavy (non-hydrogen) atoms. The van der Waals surface area contributed by atoms with Gasteiger partial charge in [0, 0.05) is 25.6 Å². The minimum Gasteiger partial charge on any atom is -0.343 e. The normalized spacial score (nSPS) is 21.2. The number of rotatable bonds is 3. The third-order valence-electron chi connectivity index (χ3n) is 3.64. The maximum Gasteiger partial charge on any atom is 0.324 e. The number of nitrogens with one attached hydrogen (secondary N) is 1. The Labute approximate surface area is 113 Å². The van der Waals surface area contributed by atoms with E-state index in [-0.39, 0.29) is 30.4 Å². The van der Waals surface area contributed by atoms with Gasteiger partial charge in [0.1, 0.15) is 0 Å². The SMILES string of the molecule is CC(C)CC(=O)N1CCC(N2C(=O)CNC2=O)CC1. The second-order valence-electron chi connectivity index (χ2n) is 5.63. The first-order valence-corrected chi connectivity index (χ1v) is 6.86. The molecule has 6 nitrogen and oxygen atoms in total. The lowest BCUT2D eigenvalue weighted by Gasteiger charge is -2.35. The van der Waals surface area contributed by atoms with E-state index in [9.17, 15) is 14.4 Å². The van der Waals surface area contributed by atoms with Crippen LogP contribution in [-0.4, -0.2) is 53.3 Å². The van der Waals surface area contributed by atoms with Crippen molar-refractivity contribution >= 4 is 17.8 Å². The number of carbonyl (C=O) groups is 3. The minimum absolute atomic E-state index is 0.0573. The highest BCUT2D eigenvalue weighted by atomic mass is 16.2. The molecule has 2 saturated heterocycles. The molecule has 2 aliphatic rings. The van der Waals surface area contributed by atoms with Crippen molar-refractivity contribution in [3.8, 4) is 0 Å². The average molecular weight is 267 g/mol. The summed E-state index contributed by atoms with van der Waals surface area (Å²) in [5.74, 6) is 0.374. The molecule has 0 atom stereocenters. The standard InChI is InChI=1S/C13H21N3O3/c1-9(2)7-11(17)15-5-3-10(4-6-15)16-12(18)8-14-13(16)19/h9-10H,3-8H2,1-2H3,(H,14,19). The van der Waals surface area contributed by atoms with Crippen LogP contribution in [0.1, 0.15) is 33.1 Å². The third-order valence-corrected chi connectivity index (χ3v) is 3.64. The first-order valence-electron chi connectivity index (χ1n) is 6.86.